The first-order chi connectivity index (χ1) is 10.8. The Hall–Kier alpha value is -2.48. The van der Waals surface area contributed by atoms with Crippen LogP contribution in [0.25, 0.3) is 6.08 Å². The summed E-state index contributed by atoms with van der Waals surface area (Å²) in [7, 11) is 1.68. The lowest BCUT2D eigenvalue weighted by Crippen LogP contribution is -1.85. The Kier molecular flexibility index (Phi) is 6.31. The molecule has 2 nitrogen and oxygen atoms in total. The van der Waals surface area contributed by atoms with Crippen molar-refractivity contribution in [3.05, 3.63) is 77.9 Å². The number of methoxy groups -OCH3 is 1. The molecule has 0 aliphatic heterocycles. The fraction of sp³-hybridized carbons (Fsp3) is 0.200. The van der Waals surface area contributed by atoms with Crippen LogP contribution < -0.4 is 4.74 Å². The Balaban J connectivity index is 1.68. The fourth-order valence-corrected chi connectivity index (χ4v) is 2.12. The number of benzene rings is 2. The van der Waals surface area contributed by atoms with E-state index >= 15 is 0 Å². The molecule has 1 N–H and O–H groups in total. The molecule has 2 heteroatoms. The highest BCUT2D eigenvalue weighted by Crippen LogP contribution is 2.13. The number of phenols is 1. The predicted molar refractivity (Wildman–Crippen MR) is 92.2 cm³/mol. The molecule has 0 saturated carbocycles. The first-order valence-corrected chi connectivity index (χ1v) is 7.51. The smallest absolute Gasteiger partial charge is 0.118 e. The molecule has 2 aromatic carbocycles. The van der Waals surface area contributed by atoms with E-state index in [1.54, 1.807) is 19.2 Å². The van der Waals surface area contributed by atoms with Crippen molar-refractivity contribution in [2.24, 2.45) is 0 Å². The fourth-order valence-electron chi connectivity index (χ4n) is 2.12. The van der Waals surface area contributed by atoms with Crippen molar-refractivity contribution in [2.45, 2.75) is 19.3 Å². The zero-order valence-electron chi connectivity index (χ0n) is 12.9. The number of hydrogen-bond acceptors (Lipinski definition) is 2. The molecule has 0 amide bonds. The van der Waals surface area contributed by atoms with Crippen LogP contribution in [-0.4, -0.2) is 12.2 Å². The number of aromatic hydroxyl groups is 1. The minimum absolute atomic E-state index is 0.301. The Morgan fingerprint density at radius 2 is 1.64 bits per heavy atom. The molecule has 0 fully saturated rings. The van der Waals surface area contributed by atoms with E-state index in [-0.39, 0.29) is 0 Å². The molecule has 114 valence electrons. The molecule has 0 saturated heterocycles. The second kappa shape index (κ2) is 8.73. The summed E-state index contributed by atoms with van der Waals surface area (Å²) in [6, 6.07) is 15.4. The molecule has 2 rings (SSSR count). The van der Waals surface area contributed by atoms with Gasteiger partial charge in [-0.2, -0.15) is 0 Å². The van der Waals surface area contributed by atoms with E-state index in [2.05, 4.69) is 36.4 Å². The molecular weight excluding hydrogens is 272 g/mol. The Bertz CT molecular complexity index is 607. The highest BCUT2D eigenvalue weighted by molar-refractivity contribution is 5.50. The summed E-state index contributed by atoms with van der Waals surface area (Å²) in [6.45, 7) is 0. The van der Waals surface area contributed by atoms with Crippen LogP contribution in [-0.2, 0) is 6.42 Å². The second-order valence-corrected chi connectivity index (χ2v) is 5.09. The molecular formula is C20H22O2. The van der Waals surface area contributed by atoms with Gasteiger partial charge in [-0.15, -0.1) is 0 Å². The van der Waals surface area contributed by atoms with Crippen LogP contribution in [0.1, 0.15) is 24.0 Å². The van der Waals surface area contributed by atoms with Gasteiger partial charge in [-0.05, 0) is 54.7 Å². The molecule has 0 unspecified atom stereocenters. The highest BCUT2D eigenvalue weighted by atomic mass is 16.5. The van der Waals surface area contributed by atoms with E-state index < -0.39 is 0 Å². The van der Waals surface area contributed by atoms with E-state index in [0.717, 1.165) is 30.6 Å². The van der Waals surface area contributed by atoms with E-state index in [1.807, 2.05) is 24.3 Å². The molecule has 22 heavy (non-hydrogen) atoms. The number of phenolic OH excluding ortho intramolecular Hbond substituents is 1. The first-order valence-electron chi connectivity index (χ1n) is 7.51. The lowest BCUT2D eigenvalue weighted by Gasteiger charge is -2.01. The maximum atomic E-state index is 9.21. The summed E-state index contributed by atoms with van der Waals surface area (Å²) in [4.78, 5) is 0. The molecule has 0 aliphatic rings. The normalized spacial score (nSPS) is 11.3. The van der Waals surface area contributed by atoms with Gasteiger partial charge in [0.05, 0.1) is 7.11 Å². The molecule has 0 aliphatic carbocycles. The van der Waals surface area contributed by atoms with Gasteiger partial charge in [0.25, 0.3) is 0 Å². The SMILES string of the molecule is COc1ccc(CC/C=C/C/C=C/c2ccc(O)cc2)cc1. The molecule has 0 radical (unpaired) electrons. The van der Waals surface area contributed by atoms with Crippen molar-refractivity contribution in [3.63, 3.8) is 0 Å². The molecule has 2 aromatic rings. The second-order valence-electron chi connectivity index (χ2n) is 5.09. The van der Waals surface area contributed by atoms with E-state index in [1.165, 1.54) is 5.56 Å². The van der Waals surface area contributed by atoms with E-state index in [9.17, 15) is 5.11 Å². The summed E-state index contributed by atoms with van der Waals surface area (Å²) in [5.74, 6) is 1.20. The van der Waals surface area contributed by atoms with Gasteiger partial charge in [0, 0.05) is 0 Å². The molecule has 0 atom stereocenters. The van der Waals surface area contributed by atoms with E-state index in [4.69, 9.17) is 4.74 Å². The quantitative estimate of drug-likeness (QED) is 0.729. The van der Waals surface area contributed by atoms with Gasteiger partial charge in [0.15, 0.2) is 0 Å². The van der Waals surface area contributed by atoms with Gasteiger partial charge >= 0.3 is 0 Å². The Morgan fingerprint density at radius 1 is 0.909 bits per heavy atom. The largest absolute Gasteiger partial charge is 0.508 e. The van der Waals surface area contributed by atoms with Crippen LogP contribution in [0.3, 0.4) is 0 Å². The van der Waals surface area contributed by atoms with Crippen molar-refractivity contribution in [1.29, 1.82) is 0 Å². The summed E-state index contributed by atoms with van der Waals surface area (Å²) < 4.78 is 5.15. The molecule has 0 heterocycles. The molecule has 0 bridgehead atoms. The van der Waals surface area contributed by atoms with Crippen molar-refractivity contribution in [2.75, 3.05) is 7.11 Å². The third kappa shape index (κ3) is 5.49. The number of aryl methyl sites for hydroxylation is 1. The Morgan fingerprint density at radius 3 is 2.32 bits per heavy atom. The van der Waals surface area contributed by atoms with Gasteiger partial charge in [-0.25, -0.2) is 0 Å². The summed E-state index contributed by atoms with van der Waals surface area (Å²) >= 11 is 0. The summed E-state index contributed by atoms with van der Waals surface area (Å²) in [5.41, 5.74) is 2.43. The minimum atomic E-state index is 0.301. The Labute approximate surface area is 132 Å². The zero-order valence-corrected chi connectivity index (χ0v) is 12.9. The van der Waals surface area contributed by atoms with Crippen LogP contribution in [0, 0.1) is 0 Å². The van der Waals surface area contributed by atoms with Gasteiger partial charge in [-0.3, -0.25) is 0 Å². The van der Waals surface area contributed by atoms with Gasteiger partial charge in [-0.1, -0.05) is 48.6 Å². The average molecular weight is 294 g/mol. The topological polar surface area (TPSA) is 29.5 Å². The van der Waals surface area contributed by atoms with Crippen molar-refractivity contribution >= 4 is 6.08 Å². The number of rotatable bonds is 7. The van der Waals surface area contributed by atoms with Crippen LogP contribution >= 0.6 is 0 Å². The van der Waals surface area contributed by atoms with Crippen molar-refractivity contribution in [3.8, 4) is 11.5 Å². The van der Waals surface area contributed by atoms with Crippen molar-refractivity contribution in [1.82, 2.24) is 0 Å². The maximum Gasteiger partial charge on any atom is 0.118 e. The highest BCUT2D eigenvalue weighted by Gasteiger charge is 1.92. The monoisotopic (exact) mass is 294 g/mol. The third-order valence-corrected chi connectivity index (χ3v) is 3.40. The van der Waals surface area contributed by atoms with Crippen LogP contribution in [0.4, 0.5) is 0 Å². The zero-order chi connectivity index (χ0) is 15.6. The first kappa shape index (κ1) is 15.9. The summed E-state index contributed by atoms with van der Waals surface area (Å²) in [6.07, 6.45) is 11.6. The standard InChI is InChI=1S/C20H22O2/c1-22-20-15-11-18(12-16-20)8-6-4-2-3-5-7-17-9-13-19(21)14-10-17/h2,4-5,7,9-16,21H,3,6,8H2,1H3/b4-2+,7-5+. The molecule has 0 aromatic heterocycles. The number of hydrogen-bond donors (Lipinski definition) is 1. The lowest BCUT2D eigenvalue weighted by molar-refractivity contribution is 0.414. The van der Waals surface area contributed by atoms with Gasteiger partial charge in [0.2, 0.25) is 0 Å². The third-order valence-electron chi connectivity index (χ3n) is 3.40. The number of ether oxygens (including phenoxy) is 1. The van der Waals surface area contributed by atoms with Crippen LogP contribution in [0.15, 0.2) is 66.8 Å². The molecule has 0 spiro atoms. The van der Waals surface area contributed by atoms with Crippen LogP contribution in [0.2, 0.25) is 0 Å². The van der Waals surface area contributed by atoms with E-state index in [0.29, 0.717) is 5.75 Å². The lowest BCUT2D eigenvalue weighted by atomic mass is 10.1. The number of allylic oxidation sites excluding steroid dienone is 3. The van der Waals surface area contributed by atoms with Crippen molar-refractivity contribution < 1.29 is 9.84 Å². The summed E-state index contributed by atoms with van der Waals surface area (Å²) in [5, 5.41) is 9.21. The minimum Gasteiger partial charge on any atom is -0.508 e. The average Bonchev–Trinajstić information content (AvgIpc) is 2.56. The predicted octanol–water partition coefficient (Wildman–Crippen LogP) is 4.99. The van der Waals surface area contributed by atoms with Crippen LogP contribution in [0.5, 0.6) is 11.5 Å². The van der Waals surface area contributed by atoms with Gasteiger partial charge < -0.3 is 9.84 Å². The van der Waals surface area contributed by atoms with Gasteiger partial charge in [0.1, 0.15) is 11.5 Å². The maximum absolute atomic E-state index is 9.21.